The van der Waals surface area contributed by atoms with Crippen LogP contribution in [0.25, 0.3) is 0 Å². The van der Waals surface area contributed by atoms with Crippen LogP contribution in [0.4, 0.5) is 5.69 Å². The molecule has 1 fully saturated rings. The number of hydrogen-bond acceptors (Lipinski definition) is 7. The molecule has 8 nitrogen and oxygen atoms in total. The number of halogens is 1. The van der Waals surface area contributed by atoms with Crippen molar-refractivity contribution in [2.24, 2.45) is 10.9 Å². The fourth-order valence-electron chi connectivity index (χ4n) is 4.12. The van der Waals surface area contributed by atoms with Crippen molar-refractivity contribution >= 4 is 35.1 Å². The van der Waals surface area contributed by atoms with Crippen molar-refractivity contribution in [3.05, 3.63) is 59.1 Å². The maximum Gasteiger partial charge on any atom is 0.321 e. The van der Waals surface area contributed by atoms with Crippen LogP contribution in [0.2, 0.25) is 5.02 Å². The SMILES string of the molecule is CCOC(=O)[C@@H]1C(=O)NC(N2CCN(c3cccc(Cl)c3)CC2)=N[C@H]1c1ccc(OC)cc1. The lowest BCUT2D eigenvalue weighted by atomic mass is 9.91. The van der Waals surface area contributed by atoms with Gasteiger partial charge in [0.2, 0.25) is 11.9 Å². The van der Waals surface area contributed by atoms with E-state index >= 15 is 0 Å². The van der Waals surface area contributed by atoms with Crippen LogP contribution in [-0.2, 0) is 14.3 Å². The third-order valence-corrected chi connectivity index (χ3v) is 6.08. The van der Waals surface area contributed by atoms with Gasteiger partial charge in [-0.25, -0.2) is 4.99 Å². The average molecular weight is 471 g/mol. The molecule has 0 unspecified atom stereocenters. The number of rotatable bonds is 5. The Morgan fingerprint density at radius 2 is 1.82 bits per heavy atom. The van der Waals surface area contributed by atoms with E-state index in [1.165, 1.54) is 0 Å². The van der Waals surface area contributed by atoms with E-state index in [9.17, 15) is 9.59 Å². The van der Waals surface area contributed by atoms with Gasteiger partial charge in [-0.15, -0.1) is 0 Å². The molecule has 2 aromatic rings. The molecule has 2 aliphatic rings. The van der Waals surface area contributed by atoms with Gasteiger partial charge in [0, 0.05) is 36.9 Å². The molecule has 2 atom stereocenters. The molecule has 2 aromatic carbocycles. The summed E-state index contributed by atoms with van der Waals surface area (Å²) in [6.07, 6.45) is 0. The first kappa shape index (κ1) is 22.9. The number of nitrogens with one attached hydrogen (secondary N) is 1. The number of esters is 1. The van der Waals surface area contributed by atoms with Crippen molar-refractivity contribution in [2.45, 2.75) is 13.0 Å². The van der Waals surface area contributed by atoms with Crippen LogP contribution < -0.4 is 15.0 Å². The third-order valence-electron chi connectivity index (χ3n) is 5.84. The van der Waals surface area contributed by atoms with Crippen LogP contribution in [-0.4, -0.2) is 62.6 Å². The number of nitrogens with zero attached hydrogens (tertiary/aromatic N) is 3. The summed E-state index contributed by atoms with van der Waals surface area (Å²) in [5.41, 5.74) is 1.81. The van der Waals surface area contributed by atoms with E-state index in [4.69, 9.17) is 26.1 Å². The lowest BCUT2D eigenvalue weighted by molar-refractivity contribution is -0.153. The molecule has 0 spiro atoms. The van der Waals surface area contributed by atoms with Gasteiger partial charge in [-0.2, -0.15) is 0 Å². The van der Waals surface area contributed by atoms with Crippen LogP contribution in [0.5, 0.6) is 5.75 Å². The lowest BCUT2D eigenvalue weighted by Crippen LogP contribution is -2.57. The van der Waals surface area contributed by atoms with E-state index in [0.29, 0.717) is 29.8 Å². The summed E-state index contributed by atoms with van der Waals surface area (Å²) in [5, 5.41) is 3.53. The summed E-state index contributed by atoms with van der Waals surface area (Å²) in [5.74, 6) is -0.865. The van der Waals surface area contributed by atoms with Crippen molar-refractivity contribution in [3.8, 4) is 5.75 Å². The first-order valence-corrected chi connectivity index (χ1v) is 11.3. The maximum atomic E-state index is 13.0. The first-order valence-electron chi connectivity index (χ1n) is 10.9. The Balaban J connectivity index is 1.56. The predicted molar refractivity (Wildman–Crippen MR) is 127 cm³/mol. The number of guanidine groups is 1. The molecule has 33 heavy (non-hydrogen) atoms. The minimum Gasteiger partial charge on any atom is -0.497 e. The molecule has 174 valence electrons. The zero-order valence-corrected chi connectivity index (χ0v) is 19.4. The monoisotopic (exact) mass is 470 g/mol. The Morgan fingerprint density at radius 1 is 1.12 bits per heavy atom. The molecular formula is C24H27ClN4O4. The summed E-state index contributed by atoms with van der Waals surface area (Å²) >= 11 is 6.14. The zero-order chi connectivity index (χ0) is 23.4. The van der Waals surface area contributed by atoms with Gasteiger partial charge in [0.1, 0.15) is 11.8 Å². The molecule has 0 aromatic heterocycles. The second-order valence-electron chi connectivity index (χ2n) is 7.84. The van der Waals surface area contributed by atoms with Crippen molar-refractivity contribution in [1.82, 2.24) is 10.2 Å². The Kier molecular flexibility index (Phi) is 7.03. The fourth-order valence-corrected chi connectivity index (χ4v) is 4.30. The summed E-state index contributed by atoms with van der Waals surface area (Å²) in [4.78, 5) is 34.7. The number of benzene rings is 2. The highest BCUT2D eigenvalue weighted by atomic mass is 35.5. The molecule has 0 bridgehead atoms. The summed E-state index contributed by atoms with van der Waals surface area (Å²) in [7, 11) is 1.59. The maximum absolute atomic E-state index is 13.0. The fraction of sp³-hybridized carbons (Fsp3) is 0.375. The van der Waals surface area contributed by atoms with Crippen LogP contribution in [0.3, 0.4) is 0 Å². The van der Waals surface area contributed by atoms with Crippen molar-refractivity contribution in [2.75, 3.05) is 44.8 Å². The normalized spacial score (nSPS) is 20.7. The number of carbonyl (C=O) groups excluding carboxylic acids is 2. The summed E-state index contributed by atoms with van der Waals surface area (Å²) in [6.45, 7) is 4.76. The number of methoxy groups -OCH3 is 1. The van der Waals surface area contributed by atoms with Gasteiger partial charge in [-0.05, 0) is 42.8 Å². The Morgan fingerprint density at radius 3 is 2.45 bits per heavy atom. The van der Waals surface area contributed by atoms with Gasteiger partial charge >= 0.3 is 5.97 Å². The quantitative estimate of drug-likeness (QED) is 0.534. The molecule has 9 heteroatoms. The highest BCUT2D eigenvalue weighted by Gasteiger charge is 2.42. The number of aliphatic imine (C=N–C) groups is 1. The van der Waals surface area contributed by atoms with Gasteiger partial charge in [0.25, 0.3) is 0 Å². The van der Waals surface area contributed by atoms with E-state index in [0.717, 1.165) is 24.3 Å². The molecular weight excluding hydrogens is 444 g/mol. The lowest BCUT2D eigenvalue weighted by Gasteiger charge is -2.39. The smallest absolute Gasteiger partial charge is 0.321 e. The summed E-state index contributed by atoms with van der Waals surface area (Å²) < 4.78 is 10.4. The number of piperazine rings is 1. The second-order valence-corrected chi connectivity index (χ2v) is 8.28. The van der Waals surface area contributed by atoms with Gasteiger partial charge < -0.3 is 19.3 Å². The van der Waals surface area contributed by atoms with E-state index in [1.807, 2.05) is 41.3 Å². The van der Waals surface area contributed by atoms with Gasteiger partial charge in [0.15, 0.2) is 5.92 Å². The number of hydrogen-bond donors (Lipinski definition) is 1. The topological polar surface area (TPSA) is 83.5 Å². The van der Waals surface area contributed by atoms with Crippen molar-refractivity contribution in [1.29, 1.82) is 0 Å². The average Bonchev–Trinajstić information content (AvgIpc) is 2.84. The molecule has 4 rings (SSSR count). The molecule has 0 saturated carbocycles. The second kappa shape index (κ2) is 10.1. The molecule has 1 amide bonds. The van der Waals surface area contributed by atoms with Crippen LogP contribution in [0.15, 0.2) is 53.5 Å². The first-order chi connectivity index (χ1) is 16.0. The van der Waals surface area contributed by atoms with Crippen molar-refractivity contribution < 1.29 is 19.1 Å². The van der Waals surface area contributed by atoms with Crippen LogP contribution >= 0.6 is 11.6 Å². The summed E-state index contributed by atoms with van der Waals surface area (Å²) in [6, 6.07) is 14.3. The number of anilines is 1. The van der Waals surface area contributed by atoms with Gasteiger partial charge in [-0.1, -0.05) is 29.8 Å². The number of ether oxygens (including phenoxy) is 2. The Labute approximate surface area is 198 Å². The van der Waals surface area contributed by atoms with Gasteiger partial charge in [-0.3, -0.25) is 14.9 Å². The van der Waals surface area contributed by atoms with Gasteiger partial charge in [0.05, 0.1) is 13.7 Å². The molecule has 1 saturated heterocycles. The number of carbonyl (C=O) groups is 2. The highest BCUT2D eigenvalue weighted by molar-refractivity contribution is 6.30. The molecule has 0 aliphatic carbocycles. The van der Waals surface area contributed by atoms with Crippen LogP contribution in [0.1, 0.15) is 18.5 Å². The Bertz CT molecular complexity index is 1040. The van der Waals surface area contributed by atoms with E-state index in [1.54, 1.807) is 26.2 Å². The minimum absolute atomic E-state index is 0.194. The number of amides is 1. The molecule has 1 N–H and O–H groups in total. The molecule has 2 heterocycles. The highest BCUT2D eigenvalue weighted by Crippen LogP contribution is 2.32. The molecule has 2 aliphatic heterocycles. The largest absolute Gasteiger partial charge is 0.497 e. The third kappa shape index (κ3) is 5.06. The standard InChI is InChI=1S/C24H27ClN4O4/c1-3-33-23(31)20-21(16-7-9-19(32-2)10-8-16)26-24(27-22(20)30)29-13-11-28(12-14-29)18-6-4-5-17(25)15-18/h4-10,15,20-21H,3,11-14H2,1-2H3,(H,26,27,30)/t20-,21-/m0/s1. The van der Waals surface area contributed by atoms with E-state index in [-0.39, 0.29) is 6.61 Å². The van der Waals surface area contributed by atoms with E-state index in [2.05, 4.69) is 10.2 Å². The van der Waals surface area contributed by atoms with E-state index < -0.39 is 23.8 Å². The zero-order valence-electron chi connectivity index (χ0n) is 18.7. The molecule has 0 radical (unpaired) electrons. The predicted octanol–water partition coefficient (Wildman–Crippen LogP) is 2.88. The van der Waals surface area contributed by atoms with Crippen LogP contribution in [0, 0.1) is 5.92 Å². The Hall–Kier alpha value is -3.26. The van der Waals surface area contributed by atoms with Crippen molar-refractivity contribution in [3.63, 3.8) is 0 Å². The minimum atomic E-state index is -1.05.